The summed E-state index contributed by atoms with van der Waals surface area (Å²) in [5.74, 6) is -1.67. The third kappa shape index (κ3) is 3.11. The number of rotatable bonds is 3. The van der Waals surface area contributed by atoms with Crippen LogP contribution in [0.3, 0.4) is 0 Å². The molecule has 1 atom stereocenters. The Kier molecular flexibility index (Phi) is 3.73. The van der Waals surface area contributed by atoms with Gasteiger partial charge >= 0.3 is 0 Å². The molecule has 0 spiro atoms. The Hall–Kier alpha value is -2.00. The maximum absolute atomic E-state index is 13.5. The Bertz CT molecular complexity index is 674. The van der Waals surface area contributed by atoms with Crippen LogP contribution in [0.25, 0.3) is 0 Å². The third-order valence-electron chi connectivity index (χ3n) is 2.84. The number of benzene rings is 1. The quantitative estimate of drug-likeness (QED) is 0.709. The molecule has 9 heteroatoms. The number of halogens is 1. The summed E-state index contributed by atoms with van der Waals surface area (Å²) in [6.07, 6.45) is 0.527. The van der Waals surface area contributed by atoms with Crippen LogP contribution in [0.4, 0.5) is 10.1 Å². The van der Waals surface area contributed by atoms with Gasteiger partial charge in [0.05, 0.1) is 10.6 Å². The lowest BCUT2D eigenvalue weighted by Crippen LogP contribution is -2.37. The number of nitrogens with one attached hydrogen (secondary N) is 2. The molecule has 1 fully saturated rings. The minimum atomic E-state index is -3.99. The van der Waals surface area contributed by atoms with Crippen molar-refractivity contribution in [3.8, 4) is 0 Å². The second-order valence-electron chi connectivity index (χ2n) is 4.33. The number of anilines is 1. The monoisotopic (exact) mass is 301 g/mol. The molecule has 1 saturated heterocycles. The van der Waals surface area contributed by atoms with Crippen molar-refractivity contribution in [2.24, 2.45) is 5.14 Å². The van der Waals surface area contributed by atoms with E-state index in [0.29, 0.717) is 6.42 Å². The van der Waals surface area contributed by atoms with Crippen molar-refractivity contribution in [3.63, 3.8) is 0 Å². The van der Waals surface area contributed by atoms with Crippen LogP contribution in [0.1, 0.15) is 12.8 Å². The Morgan fingerprint density at radius 3 is 2.70 bits per heavy atom. The fourth-order valence-electron chi connectivity index (χ4n) is 1.81. The zero-order valence-corrected chi connectivity index (χ0v) is 11.0. The van der Waals surface area contributed by atoms with Crippen molar-refractivity contribution >= 4 is 27.5 Å². The van der Waals surface area contributed by atoms with Crippen molar-refractivity contribution in [1.82, 2.24) is 5.32 Å². The van der Waals surface area contributed by atoms with E-state index in [1.807, 2.05) is 0 Å². The van der Waals surface area contributed by atoms with E-state index < -0.39 is 27.8 Å². The summed E-state index contributed by atoms with van der Waals surface area (Å²) in [6, 6.07) is 2.07. The molecule has 0 bridgehead atoms. The van der Waals surface area contributed by atoms with Gasteiger partial charge in [0, 0.05) is 6.42 Å². The van der Waals surface area contributed by atoms with Gasteiger partial charge in [-0.25, -0.2) is 17.9 Å². The van der Waals surface area contributed by atoms with Crippen LogP contribution in [0.5, 0.6) is 0 Å². The van der Waals surface area contributed by atoms with Gasteiger partial charge in [-0.3, -0.25) is 9.59 Å². The zero-order valence-electron chi connectivity index (χ0n) is 10.2. The largest absolute Gasteiger partial charge is 0.344 e. The molecule has 2 amide bonds. The number of hydrogen-bond acceptors (Lipinski definition) is 4. The third-order valence-corrected chi connectivity index (χ3v) is 3.75. The topological polar surface area (TPSA) is 118 Å². The van der Waals surface area contributed by atoms with E-state index >= 15 is 0 Å². The number of nitrogens with two attached hydrogens (primary N) is 1. The molecular weight excluding hydrogens is 289 g/mol. The van der Waals surface area contributed by atoms with Gasteiger partial charge in [0.1, 0.15) is 11.9 Å². The molecule has 1 aromatic rings. The fraction of sp³-hybridized carbons (Fsp3) is 0.273. The minimum Gasteiger partial charge on any atom is -0.344 e. The second-order valence-corrected chi connectivity index (χ2v) is 5.90. The van der Waals surface area contributed by atoms with Crippen molar-refractivity contribution < 1.29 is 22.4 Å². The van der Waals surface area contributed by atoms with E-state index in [9.17, 15) is 22.4 Å². The molecule has 0 radical (unpaired) electrons. The summed E-state index contributed by atoms with van der Waals surface area (Å²) in [6.45, 7) is 0. The molecule has 0 saturated carbocycles. The summed E-state index contributed by atoms with van der Waals surface area (Å²) in [7, 11) is -3.99. The molecule has 1 aliphatic heterocycles. The highest BCUT2D eigenvalue weighted by Crippen LogP contribution is 2.19. The van der Waals surface area contributed by atoms with Crippen LogP contribution in [0, 0.1) is 5.82 Å². The molecule has 1 aromatic carbocycles. The number of carbonyl (C=O) groups is 2. The first kappa shape index (κ1) is 14.4. The number of carbonyl (C=O) groups excluding carboxylic acids is 2. The first-order valence-electron chi connectivity index (χ1n) is 5.70. The Balaban J connectivity index is 2.20. The molecule has 20 heavy (non-hydrogen) atoms. The van der Waals surface area contributed by atoms with Crippen molar-refractivity contribution in [1.29, 1.82) is 0 Å². The van der Waals surface area contributed by atoms with Crippen LogP contribution in [0.2, 0.25) is 0 Å². The van der Waals surface area contributed by atoms with Crippen LogP contribution < -0.4 is 15.8 Å². The van der Waals surface area contributed by atoms with E-state index in [0.717, 1.165) is 18.2 Å². The van der Waals surface area contributed by atoms with Crippen LogP contribution in [0.15, 0.2) is 23.1 Å². The van der Waals surface area contributed by atoms with Gasteiger partial charge in [-0.05, 0) is 24.6 Å². The molecule has 1 heterocycles. The average molecular weight is 301 g/mol. The van der Waals surface area contributed by atoms with Crippen LogP contribution in [-0.4, -0.2) is 26.3 Å². The standard InChI is InChI=1S/C11H12FN3O4S/c12-7-2-1-6(20(13,18)19)5-9(7)15-11(17)8-3-4-10(16)14-8/h1-2,5,8H,3-4H2,(H,14,16)(H,15,17)(H2,13,18,19)/t8-/m1/s1. The van der Waals surface area contributed by atoms with Crippen molar-refractivity contribution in [2.75, 3.05) is 5.32 Å². The molecular formula is C11H12FN3O4S. The van der Waals surface area contributed by atoms with E-state index in [-0.39, 0.29) is 22.9 Å². The number of primary sulfonamides is 1. The first-order valence-corrected chi connectivity index (χ1v) is 7.24. The van der Waals surface area contributed by atoms with E-state index in [1.54, 1.807) is 0 Å². The summed E-state index contributed by atoms with van der Waals surface area (Å²) >= 11 is 0. The molecule has 7 nitrogen and oxygen atoms in total. The second kappa shape index (κ2) is 5.17. The highest BCUT2D eigenvalue weighted by molar-refractivity contribution is 7.89. The highest BCUT2D eigenvalue weighted by atomic mass is 32.2. The van der Waals surface area contributed by atoms with Crippen molar-refractivity contribution in [2.45, 2.75) is 23.8 Å². The van der Waals surface area contributed by atoms with Crippen LogP contribution in [-0.2, 0) is 19.6 Å². The SMILES string of the molecule is NS(=O)(=O)c1ccc(F)c(NC(=O)[C@H]2CCC(=O)N2)c1. The molecule has 4 N–H and O–H groups in total. The number of amides is 2. The van der Waals surface area contributed by atoms with Gasteiger partial charge in [0.25, 0.3) is 0 Å². The Morgan fingerprint density at radius 1 is 1.45 bits per heavy atom. The Labute approximate surface area is 114 Å². The summed E-state index contributed by atoms with van der Waals surface area (Å²) in [5.41, 5.74) is -0.303. The summed E-state index contributed by atoms with van der Waals surface area (Å²) in [4.78, 5) is 22.5. The minimum absolute atomic E-state index is 0.220. The lowest BCUT2D eigenvalue weighted by molar-refractivity contribution is -0.122. The molecule has 0 aliphatic carbocycles. The van der Waals surface area contributed by atoms with Crippen molar-refractivity contribution in [3.05, 3.63) is 24.0 Å². The van der Waals surface area contributed by atoms with Gasteiger partial charge < -0.3 is 10.6 Å². The first-order chi connectivity index (χ1) is 9.27. The average Bonchev–Trinajstić information content (AvgIpc) is 2.77. The predicted molar refractivity (Wildman–Crippen MR) is 67.6 cm³/mol. The molecule has 1 aliphatic rings. The molecule has 0 unspecified atom stereocenters. The highest BCUT2D eigenvalue weighted by Gasteiger charge is 2.27. The van der Waals surface area contributed by atoms with Gasteiger partial charge in [0.2, 0.25) is 21.8 Å². The number of hydrogen-bond donors (Lipinski definition) is 3. The lowest BCUT2D eigenvalue weighted by atomic mass is 10.2. The summed E-state index contributed by atoms with van der Waals surface area (Å²) < 4.78 is 35.9. The molecule has 0 aromatic heterocycles. The Morgan fingerprint density at radius 2 is 2.15 bits per heavy atom. The van der Waals surface area contributed by atoms with E-state index in [2.05, 4.69) is 10.6 Å². The van der Waals surface area contributed by atoms with Gasteiger partial charge in [-0.2, -0.15) is 0 Å². The normalized spacial score (nSPS) is 18.7. The van der Waals surface area contributed by atoms with E-state index in [4.69, 9.17) is 5.14 Å². The zero-order chi connectivity index (χ0) is 14.9. The summed E-state index contributed by atoms with van der Waals surface area (Å²) in [5, 5.41) is 9.59. The molecule has 2 rings (SSSR count). The van der Waals surface area contributed by atoms with Crippen LogP contribution >= 0.6 is 0 Å². The van der Waals surface area contributed by atoms with Gasteiger partial charge in [0.15, 0.2) is 0 Å². The maximum atomic E-state index is 13.5. The van der Waals surface area contributed by atoms with E-state index in [1.165, 1.54) is 0 Å². The van der Waals surface area contributed by atoms with Gasteiger partial charge in [-0.1, -0.05) is 0 Å². The van der Waals surface area contributed by atoms with Gasteiger partial charge in [-0.15, -0.1) is 0 Å². The molecule has 108 valence electrons. The number of sulfonamides is 1. The maximum Gasteiger partial charge on any atom is 0.247 e. The smallest absolute Gasteiger partial charge is 0.247 e. The lowest BCUT2D eigenvalue weighted by Gasteiger charge is -2.12. The predicted octanol–water partition coefficient (Wildman–Crippen LogP) is -0.310. The fourth-order valence-corrected chi connectivity index (χ4v) is 2.35.